The number of sulfone groups is 1. The first kappa shape index (κ1) is 19.6. The Morgan fingerprint density at radius 3 is 2.54 bits per heavy atom. The molecule has 2 atom stereocenters. The van der Waals surface area contributed by atoms with Crippen molar-refractivity contribution in [1.29, 1.82) is 0 Å². The van der Waals surface area contributed by atoms with Crippen LogP contribution < -0.4 is 0 Å². The molecule has 5 heteroatoms. The van der Waals surface area contributed by atoms with Crippen LogP contribution in [0.25, 0.3) is 0 Å². The molecule has 1 fully saturated rings. The molecule has 0 amide bonds. The summed E-state index contributed by atoms with van der Waals surface area (Å²) in [5.41, 5.74) is 0. The fraction of sp³-hybridized carbons (Fsp3) is 0.524. The molecular formula is C21H29NO2S2. The van der Waals surface area contributed by atoms with Crippen molar-refractivity contribution in [2.45, 2.75) is 55.7 Å². The fourth-order valence-corrected chi connectivity index (χ4v) is 6.54. The molecule has 2 aromatic rings. The predicted molar refractivity (Wildman–Crippen MR) is 109 cm³/mol. The minimum atomic E-state index is -3.36. The van der Waals surface area contributed by atoms with Crippen LogP contribution in [0.4, 0.5) is 0 Å². The summed E-state index contributed by atoms with van der Waals surface area (Å²) in [6.07, 6.45) is 3.84. The van der Waals surface area contributed by atoms with Crippen LogP contribution in [0.1, 0.15) is 50.3 Å². The van der Waals surface area contributed by atoms with Gasteiger partial charge >= 0.3 is 0 Å². The molecule has 1 aliphatic heterocycles. The van der Waals surface area contributed by atoms with Crippen molar-refractivity contribution in [2.75, 3.05) is 13.1 Å². The standard InChI is InChI=1S/C21H29NO2S2/c1-17(2)12-13-21(26(23,24)19-9-4-3-5-10-19)22-14-6-8-18(16-22)20-11-7-15-25-20/h3-5,7,9-11,15,17-18,21H,6,8,12-14,16H2,1-2H3. The Bertz CT molecular complexity index is 770. The molecule has 1 aliphatic rings. The Kier molecular flexibility index (Phi) is 6.54. The van der Waals surface area contributed by atoms with Crippen LogP contribution in [0.15, 0.2) is 52.7 Å². The highest BCUT2D eigenvalue weighted by Gasteiger charge is 2.35. The zero-order valence-corrected chi connectivity index (χ0v) is 17.3. The van der Waals surface area contributed by atoms with Gasteiger partial charge in [-0.05, 0) is 61.7 Å². The molecule has 0 aliphatic carbocycles. The van der Waals surface area contributed by atoms with Gasteiger partial charge in [0.15, 0.2) is 9.84 Å². The number of benzene rings is 1. The zero-order chi connectivity index (χ0) is 18.6. The molecule has 1 aromatic heterocycles. The molecule has 0 N–H and O–H groups in total. The first-order valence-corrected chi connectivity index (χ1v) is 12.0. The van der Waals surface area contributed by atoms with Gasteiger partial charge in [0.2, 0.25) is 0 Å². The summed E-state index contributed by atoms with van der Waals surface area (Å²) in [6.45, 7) is 6.04. The summed E-state index contributed by atoms with van der Waals surface area (Å²) in [5, 5.41) is 1.70. The second-order valence-corrected chi connectivity index (χ2v) is 10.7. The Morgan fingerprint density at radius 1 is 1.12 bits per heavy atom. The third kappa shape index (κ3) is 4.56. The lowest BCUT2D eigenvalue weighted by Crippen LogP contribution is -2.46. The lowest BCUT2D eigenvalue weighted by molar-refractivity contribution is 0.178. The normalized spacial score (nSPS) is 20.3. The largest absolute Gasteiger partial charge is 0.286 e. The molecule has 26 heavy (non-hydrogen) atoms. The topological polar surface area (TPSA) is 37.4 Å². The van der Waals surface area contributed by atoms with Crippen molar-refractivity contribution in [3.8, 4) is 0 Å². The zero-order valence-electron chi connectivity index (χ0n) is 15.7. The van der Waals surface area contributed by atoms with E-state index in [0.29, 0.717) is 23.2 Å². The molecular weight excluding hydrogens is 362 g/mol. The Morgan fingerprint density at radius 2 is 1.88 bits per heavy atom. The van der Waals surface area contributed by atoms with Crippen LogP contribution in [0.3, 0.4) is 0 Å². The van der Waals surface area contributed by atoms with E-state index in [4.69, 9.17) is 0 Å². The Balaban J connectivity index is 1.85. The lowest BCUT2D eigenvalue weighted by atomic mass is 9.96. The van der Waals surface area contributed by atoms with Gasteiger partial charge in [-0.15, -0.1) is 11.3 Å². The molecule has 0 radical (unpaired) electrons. The maximum atomic E-state index is 13.4. The van der Waals surface area contributed by atoms with Crippen molar-refractivity contribution in [3.63, 3.8) is 0 Å². The molecule has 0 saturated carbocycles. The Labute approximate surface area is 162 Å². The molecule has 142 valence electrons. The highest BCUT2D eigenvalue weighted by Crippen LogP contribution is 2.34. The average molecular weight is 392 g/mol. The number of hydrogen-bond acceptors (Lipinski definition) is 4. The van der Waals surface area contributed by atoms with Gasteiger partial charge in [0, 0.05) is 17.3 Å². The highest BCUT2D eigenvalue weighted by atomic mass is 32.2. The van der Waals surface area contributed by atoms with E-state index in [0.717, 1.165) is 32.4 Å². The van der Waals surface area contributed by atoms with Crippen molar-refractivity contribution < 1.29 is 8.42 Å². The van der Waals surface area contributed by atoms with Gasteiger partial charge in [0.05, 0.1) is 4.90 Å². The summed E-state index contributed by atoms with van der Waals surface area (Å²) in [6, 6.07) is 13.3. The molecule has 2 heterocycles. The van der Waals surface area contributed by atoms with E-state index in [1.54, 1.807) is 23.5 Å². The molecule has 0 bridgehead atoms. The van der Waals surface area contributed by atoms with Crippen LogP contribution in [-0.4, -0.2) is 31.8 Å². The molecule has 0 spiro atoms. The minimum absolute atomic E-state index is 0.421. The monoisotopic (exact) mass is 391 g/mol. The third-order valence-corrected chi connectivity index (χ3v) is 8.44. The molecule has 2 unspecified atom stereocenters. The summed E-state index contributed by atoms with van der Waals surface area (Å²) >= 11 is 1.79. The van der Waals surface area contributed by atoms with Crippen LogP contribution in [0, 0.1) is 5.92 Å². The summed E-state index contributed by atoms with van der Waals surface area (Å²) in [5.74, 6) is 0.956. The summed E-state index contributed by atoms with van der Waals surface area (Å²) in [4.78, 5) is 4.07. The summed E-state index contributed by atoms with van der Waals surface area (Å²) < 4.78 is 26.8. The second kappa shape index (κ2) is 8.68. The summed E-state index contributed by atoms with van der Waals surface area (Å²) in [7, 11) is -3.36. The van der Waals surface area contributed by atoms with Gasteiger partial charge in [-0.2, -0.15) is 0 Å². The number of hydrogen-bond donors (Lipinski definition) is 0. The van der Waals surface area contributed by atoms with E-state index in [9.17, 15) is 8.42 Å². The van der Waals surface area contributed by atoms with Crippen LogP contribution >= 0.6 is 11.3 Å². The quantitative estimate of drug-likeness (QED) is 0.654. The number of thiophene rings is 1. The highest BCUT2D eigenvalue weighted by molar-refractivity contribution is 7.92. The molecule has 3 nitrogen and oxygen atoms in total. The van der Waals surface area contributed by atoms with Gasteiger partial charge in [-0.3, -0.25) is 4.90 Å². The maximum Gasteiger partial charge on any atom is 0.194 e. The van der Waals surface area contributed by atoms with Crippen LogP contribution in [0.5, 0.6) is 0 Å². The fourth-order valence-electron chi connectivity index (χ4n) is 3.80. The minimum Gasteiger partial charge on any atom is -0.286 e. The van der Waals surface area contributed by atoms with Crippen LogP contribution in [0.2, 0.25) is 0 Å². The first-order valence-electron chi connectivity index (χ1n) is 9.55. The van der Waals surface area contributed by atoms with E-state index in [2.05, 4.69) is 36.3 Å². The van der Waals surface area contributed by atoms with Crippen molar-refractivity contribution in [3.05, 3.63) is 52.7 Å². The van der Waals surface area contributed by atoms with E-state index < -0.39 is 15.2 Å². The molecule has 1 saturated heterocycles. The maximum absolute atomic E-state index is 13.4. The van der Waals surface area contributed by atoms with Crippen LogP contribution in [-0.2, 0) is 9.84 Å². The Hall–Kier alpha value is -1.17. The van der Waals surface area contributed by atoms with Crippen molar-refractivity contribution in [2.24, 2.45) is 5.92 Å². The van der Waals surface area contributed by atoms with E-state index in [1.807, 2.05) is 18.2 Å². The predicted octanol–water partition coefficient (Wildman–Crippen LogP) is 5.16. The van der Waals surface area contributed by atoms with E-state index >= 15 is 0 Å². The second-order valence-electron chi connectivity index (χ2n) is 7.63. The number of nitrogens with zero attached hydrogens (tertiary/aromatic N) is 1. The van der Waals surface area contributed by atoms with Crippen molar-refractivity contribution in [1.82, 2.24) is 4.90 Å². The molecule has 1 aromatic carbocycles. The SMILES string of the molecule is CC(C)CCC(N1CCCC(c2cccs2)C1)S(=O)(=O)c1ccccc1. The third-order valence-electron chi connectivity index (χ3n) is 5.23. The average Bonchev–Trinajstić information content (AvgIpc) is 3.17. The van der Waals surface area contributed by atoms with Gasteiger partial charge in [0.25, 0.3) is 0 Å². The smallest absolute Gasteiger partial charge is 0.194 e. The van der Waals surface area contributed by atoms with Gasteiger partial charge < -0.3 is 0 Å². The number of rotatable bonds is 7. The van der Waals surface area contributed by atoms with E-state index in [1.165, 1.54) is 4.88 Å². The van der Waals surface area contributed by atoms with Crippen molar-refractivity contribution >= 4 is 21.2 Å². The molecule has 3 rings (SSSR count). The van der Waals surface area contributed by atoms with Gasteiger partial charge in [-0.25, -0.2) is 8.42 Å². The first-order chi connectivity index (χ1) is 12.5. The number of likely N-dealkylation sites (tertiary alicyclic amines) is 1. The number of piperidine rings is 1. The van der Waals surface area contributed by atoms with Gasteiger partial charge in [-0.1, -0.05) is 38.1 Å². The lowest BCUT2D eigenvalue weighted by Gasteiger charge is -2.38. The van der Waals surface area contributed by atoms with E-state index in [-0.39, 0.29) is 0 Å². The van der Waals surface area contributed by atoms with Gasteiger partial charge in [0.1, 0.15) is 5.37 Å².